The van der Waals surface area contributed by atoms with Crippen molar-refractivity contribution in [2.75, 3.05) is 6.61 Å². The average molecular weight is 347 g/mol. The SMILES string of the molecule is CCOc1cc(/C=N\NC(C)=O)cc(Cl)c1OCc1ccccc1. The summed E-state index contributed by atoms with van der Waals surface area (Å²) in [6.45, 7) is 4.13. The van der Waals surface area contributed by atoms with Gasteiger partial charge < -0.3 is 9.47 Å². The monoisotopic (exact) mass is 346 g/mol. The molecule has 0 radical (unpaired) electrons. The number of benzene rings is 2. The molecule has 0 atom stereocenters. The van der Waals surface area contributed by atoms with Crippen LogP contribution in [0.3, 0.4) is 0 Å². The Hall–Kier alpha value is -2.53. The highest BCUT2D eigenvalue weighted by atomic mass is 35.5. The molecule has 126 valence electrons. The lowest BCUT2D eigenvalue weighted by Gasteiger charge is -2.14. The zero-order chi connectivity index (χ0) is 17.4. The second-order valence-corrected chi connectivity index (χ2v) is 5.37. The summed E-state index contributed by atoms with van der Waals surface area (Å²) in [6, 6.07) is 13.3. The van der Waals surface area contributed by atoms with Crippen LogP contribution in [0.4, 0.5) is 0 Å². The molecule has 2 aromatic rings. The highest BCUT2D eigenvalue weighted by Crippen LogP contribution is 2.36. The molecule has 24 heavy (non-hydrogen) atoms. The molecule has 0 unspecified atom stereocenters. The number of nitrogens with zero attached hydrogens (tertiary/aromatic N) is 1. The summed E-state index contributed by atoms with van der Waals surface area (Å²) in [5.41, 5.74) is 4.07. The molecule has 0 bridgehead atoms. The Kier molecular flexibility index (Phi) is 6.63. The quantitative estimate of drug-likeness (QED) is 0.613. The van der Waals surface area contributed by atoms with Crippen LogP contribution in [-0.2, 0) is 11.4 Å². The van der Waals surface area contributed by atoms with Gasteiger partial charge in [-0.1, -0.05) is 41.9 Å². The standard InChI is InChI=1S/C18H19ClN2O3/c1-3-23-17-10-15(11-20-21-13(2)22)9-16(19)18(17)24-12-14-7-5-4-6-8-14/h4-11H,3,12H2,1-2H3,(H,21,22)/b20-11-. The van der Waals surface area contributed by atoms with E-state index in [2.05, 4.69) is 10.5 Å². The van der Waals surface area contributed by atoms with E-state index >= 15 is 0 Å². The Labute approximate surface area is 146 Å². The molecule has 0 aromatic heterocycles. The molecule has 0 heterocycles. The maximum atomic E-state index is 10.8. The van der Waals surface area contributed by atoms with Gasteiger partial charge in [0.2, 0.25) is 5.91 Å². The Balaban J connectivity index is 2.20. The van der Waals surface area contributed by atoms with Gasteiger partial charge in [-0.25, -0.2) is 5.43 Å². The van der Waals surface area contributed by atoms with E-state index in [4.69, 9.17) is 21.1 Å². The molecular weight excluding hydrogens is 328 g/mol. The first-order chi connectivity index (χ1) is 11.6. The smallest absolute Gasteiger partial charge is 0.236 e. The van der Waals surface area contributed by atoms with Crippen molar-refractivity contribution in [3.63, 3.8) is 0 Å². The summed E-state index contributed by atoms with van der Waals surface area (Å²) < 4.78 is 11.4. The fourth-order valence-electron chi connectivity index (χ4n) is 1.99. The number of nitrogens with one attached hydrogen (secondary N) is 1. The Morgan fingerprint density at radius 2 is 2.00 bits per heavy atom. The van der Waals surface area contributed by atoms with E-state index < -0.39 is 0 Å². The van der Waals surface area contributed by atoms with Crippen LogP contribution in [-0.4, -0.2) is 18.7 Å². The maximum Gasteiger partial charge on any atom is 0.236 e. The largest absolute Gasteiger partial charge is 0.490 e. The van der Waals surface area contributed by atoms with E-state index in [0.717, 1.165) is 5.56 Å². The van der Waals surface area contributed by atoms with Gasteiger partial charge in [0.25, 0.3) is 0 Å². The molecular formula is C18H19ClN2O3. The lowest BCUT2D eigenvalue weighted by atomic mass is 10.2. The van der Waals surface area contributed by atoms with Crippen LogP contribution in [0.25, 0.3) is 0 Å². The first-order valence-corrected chi connectivity index (χ1v) is 7.90. The van der Waals surface area contributed by atoms with Gasteiger partial charge in [-0.3, -0.25) is 4.79 Å². The van der Waals surface area contributed by atoms with Crippen molar-refractivity contribution in [3.05, 3.63) is 58.6 Å². The number of halogens is 1. The predicted molar refractivity (Wildman–Crippen MR) is 94.8 cm³/mol. The Bertz CT molecular complexity index is 718. The fourth-order valence-corrected chi connectivity index (χ4v) is 2.27. The number of rotatable bonds is 7. The summed E-state index contributed by atoms with van der Waals surface area (Å²) in [5.74, 6) is 0.773. The zero-order valence-electron chi connectivity index (χ0n) is 13.6. The predicted octanol–water partition coefficient (Wildman–Crippen LogP) is 3.79. The Morgan fingerprint density at radius 1 is 1.25 bits per heavy atom. The second kappa shape index (κ2) is 8.93. The minimum Gasteiger partial charge on any atom is -0.490 e. The highest BCUT2D eigenvalue weighted by molar-refractivity contribution is 6.32. The average Bonchev–Trinajstić information content (AvgIpc) is 2.55. The van der Waals surface area contributed by atoms with Crippen LogP contribution in [0.5, 0.6) is 11.5 Å². The molecule has 5 nitrogen and oxygen atoms in total. The molecule has 0 spiro atoms. The van der Waals surface area contributed by atoms with Crippen molar-refractivity contribution in [1.82, 2.24) is 5.43 Å². The van der Waals surface area contributed by atoms with Gasteiger partial charge in [0.15, 0.2) is 11.5 Å². The summed E-state index contributed by atoms with van der Waals surface area (Å²) in [7, 11) is 0. The van der Waals surface area contributed by atoms with Crippen LogP contribution < -0.4 is 14.9 Å². The van der Waals surface area contributed by atoms with Gasteiger partial charge in [-0.2, -0.15) is 5.10 Å². The van der Waals surface area contributed by atoms with Gasteiger partial charge in [-0.05, 0) is 30.2 Å². The van der Waals surface area contributed by atoms with Gasteiger partial charge in [0.05, 0.1) is 17.8 Å². The van der Waals surface area contributed by atoms with E-state index in [1.807, 2.05) is 37.3 Å². The zero-order valence-corrected chi connectivity index (χ0v) is 14.3. The van der Waals surface area contributed by atoms with Crippen LogP contribution >= 0.6 is 11.6 Å². The maximum absolute atomic E-state index is 10.8. The normalized spacial score (nSPS) is 10.6. The van der Waals surface area contributed by atoms with E-state index in [1.165, 1.54) is 13.1 Å². The molecule has 2 rings (SSSR count). The molecule has 2 aromatic carbocycles. The van der Waals surface area contributed by atoms with Crippen LogP contribution in [0.2, 0.25) is 5.02 Å². The van der Waals surface area contributed by atoms with Gasteiger partial charge >= 0.3 is 0 Å². The van der Waals surface area contributed by atoms with Crippen LogP contribution in [0, 0.1) is 0 Å². The van der Waals surface area contributed by atoms with Gasteiger partial charge in [0, 0.05) is 6.92 Å². The summed E-state index contributed by atoms with van der Waals surface area (Å²) in [6.07, 6.45) is 1.50. The summed E-state index contributed by atoms with van der Waals surface area (Å²) in [5, 5.41) is 4.24. The third-order valence-electron chi connectivity index (χ3n) is 2.99. The van der Waals surface area contributed by atoms with Crippen molar-refractivity contribution in [3.8, 4) is 11.5 Å². The molecule has 0 aliphatic carbocycles. The number of carbonyl (C=O) groups excluding carboxylic acids is 1. The molecule has 0 saturated heterocycles. The van der Waals surface area contributed by atoms with Gasteiger partial charge in [0.1, 0.15) is 6.61 Å². The molecule has 0 fully saturated rings. The molecule has 0 aliphatic rings. The van der Waals surface area contributed by atoms with E-state index in [-0.39, 0.29) is 5.91 Å². The second-order valence-electron chi connectivity index (χ2n) is 4.96. The Morgan fingerprint density at radius 3 is 2.67 bits per heavy atom. The third kappa shape index (κ3) is 5.28. The van der Waals surface area contributed by atoms with E-state index in [1.54, 1.807) is 12.1 Å². The van der Waals surface area contributed by atoms with Crippen molar-refractivity contribution >= 4 is 23.7 Å². The summed E-state index contributed by atoms with van der Waals surface area (Å²) >= 11 is 6.32. The topological polar surface area (TPSA) is 59.9 Å². The minimum absolute atomic E-state index is 0.245. The van der Waals surface area contributed by atoms with Crippen molar-refractivity contribution in [2.24, 2.45) is 5.10 Å². The number of carbonyl (C=O) groups is 1. The first-order valence-electron chi connectivity index (χ1n) is 7.53. The molecule has 0 aliphatic heterocycles. The minimum atomic E-state index is -0.245. The first kappa shape index (κ1) is 17.8. The number of amides is 1. The molecule has 1 N–H and O–H groups in total. The third-order valence-corrected chi connectivity index (χ3v) is 3.27. The number of hydrogen-bond donors (Lipinski definition) is 1. The van der Waals surface area contributed by atoms with E-state index in [0.29, 0.717) is 35.3 Å². The lowest BCUT2D eigenvalue weighted by molar-refractivity contribution is -0.118. The highest BCUT2D eigenvalue weighted by Gasteiger charge is 2.12. The fraction of sp³-hybridized carbons (Fsp3) is 0.222. The van der Waals surface area contributed by atoms with Crippen LogP contribution in [0.15, 0.2) is 47.6 Å². The van der Waals surface area contributed by atoms with Crippen molar-refractivity contribution in [1.29, 1.82) is 0 Å². The number of hydrogen-bond acceptors (Lipinski definition) is 4. The van der Waals surface area contributed by atoms with Crippen molar-refractivity contribution < 1.29 is 14.3 Å². The van der Waals surface area contributed by atoms with Crippen LogP contribution in [0.1, 0.15) is 25.0 Å². The lowest BCUT2D eigenvalue weighted by Crippen LogP contribution is -2.12. The molecule has 6 heteroatoms. The van der Waals surface area contributed by atoms with E-state index in [9.17, 15) is 4.79 Å². The number of hydrazone groups is 1. The van der Waals surface area contributed by atoms with Gasteiger partial charge in [-0.15, -0.1) is 0 Å². The molecule has 0 saturated carbocycles. The van der Waals surface area contributed by atoms with Crippen molar-refractivity contribution in [2.45, 2.75) is 20.5 Å². The summed E-state index contributed by atoms with van der Waals surface area (Å²) in [4.78, 5) is 10.8. The number of ether oxygens (including phenoxy) is 2. The molecule has 1 amide bonds.